The van der Waals surface area contributed by atoms with E-state index in [1.54, 1.807) is 9.81 Å². The van der Waals surface area contributed by atoms with E-state index in [4.69, 9.17) is 0 Å². The summed E-state index contributed by atoms with van der Waals surface area (Å²) in [6, 6.07) is 0. The van der Waals surface area contributed by atoms with Gasteiger partial charge in [-0.2, -0.15) is 0 Å². The largest absolute Gasteiger partial charge is 0.123 e. The van der Waals surface area contributed by atoms with Gasteiger partial charge in [0.05, 0.1) is 0 Å². The van der Waals surface area contributed by atoms with Gasteiger partial charge in [-0.3, -0.25) is 0 Å². The predicted molar refractivity (Wildman–Crippen MR) is 61.7 cm³/mol. The number of allylic oxidation sites excluding steroid dienone is 1. The van der Waals surface area contributed by atoms with Crippen LogP contribution in [0.25, 0.3) is 0 Å². The normalized spacial score (nSPS) is 24.2. The highest BCUT2D eigenvalue weighted by Gasteiger charge is 2.17. The molecule has 0 aromatic carbocycles. The summed E-state index contributed by atoms with van der Waals surface area (Å²) in [5.41, 5.74) is 1.72. The Kier molecular flexibility index (Phi) is 4.59. The van der Waals surface area contributed by atoms with Crippen LogP contribution in [0.1, 0.15) is 32.6 Å². The second-order valence-corrected chi connectivity index (χ2v) is 5.26. The fourth-order valence-electron chi connectivity index (χ4n) is 1.84. The first-order chi connectivity index (χ1) is 5.79. The standard InChI is InChI=1S/C10H18S2/c1-8-6-4-5-7-9(8)10(11-2)12-3/h8H,4-7H2,1-3H3. The van der Waals surface area contributed by atoms with Gasteiger partial charge >= 0.3 is 0 Å². The molecule has 70 valence electrons. The smallest absolute Gasteiger partial charge is 0.0390 e. The summed E-state index contributed by atoms with van der Waals surface area (Å²) in [4.78, 5) is 0. The van der Waals surface area contributed by atoms with Crippen LogP contribution in [-0.4, -0.2) is 12.5 Å². The van der Waals surface area contributed by atoms with E-state index in [1.807, 2.05) is 23.5 Å². The Morgan fingerprint density at radius 1 is 1.25 bits per heavy atom. The summed E-state index contributed by atoms with van der Waals surface area (Å²) >= 11 is 3.85. The average Bonchev–Trinajstić information content (AvgIpc) is 2.10. The first kappa shape index (κ1) is 10.5. The number of thioether (sulfide) groups is 2. The summed E-state index contributed by atoms with van der Waals surface area (Å²) in [7, 11) is 0. The molecule has 0 aromatic heterocycles. The first-order valence-electron chi connectivity index (χ1n) is 4.60. The lowest BCUT2D eigenvalue weighted by Crippen LogP contribution is -2.07. The van der Waals surface area contributed by atoms with Crippen molar-refractivity contribution in [1.29, 1.82) is 0 Å². The molecule has 0 amide bonds. The van der Waals surface area contributed by atoms with E-state index in [9.17, 15) is 0 Å². The SMILES string of the molecule is CSC(SC)=C1CCCCC1C. The molecule has 0 saturated heterocycles. The van der Waals surface area contributed by atoms with Crippen molar-refractivity contribution in [2.45, 2.75) is 32.6 Å². The van der Waals surface area contributed by atoms with Crippen LogP contribution >= 0.6 is 23.5 Å². The minimum atomic E-state index is 0.841. The van der Waals surface area contributed by atoms with E-state index in [0.717, 1.165) is 5.92 Å². The van der Waals surface area contributed by atoms with Crippen molar-refractivity contribution < 1.29 is 0 Å². The topological polar surface area (TPSA) is 0 Å². The summed E-state index contributed by atoms with van der Waals surface area (Å²) < 4.78 is 1.57. The molecule has 0 nitrogen and oxygen atoms in total. The Morgan fingerprint density at radius 2 is 1.92 bits per heavy atom. The fourth-order valence-corrected chi connectivity index (χ4v) is 3.63. The number of rotatable bonds is 2. The highest BCUT2D eigenvalue weighted by Crippen LogP contribution is 2.38. The molecule has 0 aromatic rings. The number of hydrogen-bond donors (Lipinski definition) is 0. The maximum absolute atomic E-state index is 2.38. The first-order valence-corrected chi connectivity index (χ1v) is 7.05. The molecular formula is C10H18S2. The van der Waals surface area contributed by atoms with E-state index in [0.29, 0.717) is 0 Å². The molecule has 0 spiro atoms. The van der Waals surface area contributed by atoms with Crippen molar-refractivity contribution in [3.05, 3.63) is 9.81 Å². The Hall–Kier alpha value is 0.440. The zero-order chi connectivity index (χ0) is 8.97. The van der Waals surface area contributed by atoms with Crippen molar-refractivity contribution in [3.63, 3.8) is 0 Å². The van der Waals surface area contributed by atoms with Gasteiger partial charge in [0.15, 0.2) is 0 Å². The molecule has 1 rings (SSSR count). The molecule has 0 aliphatic heterocycles. The van der Waals surface area contributed by atoms with Crippen LogP contribution < -0.4 is 0 Å². The van der Waals surface area contributed by atoms with Gasteiger partial charge in [-0.25, -0.2) is 0 Å². The van der Waals surface area contributed by atoms with Gasteiger partial charge in [0.1, 0.15) is 0 Å². The second-order valence-electron chi connectivity index (χ2n) is 3.37. The Morgan fingerprint density at radius 3 is 2.42 bits per heavy atom. The third-order valence-corrected chi connectivity index (χ3v) is 4.83. The van der Waals surface area contributed by atoms with Crippen LogP contribution in [0.15, 0.2) is 9.81 Å². The molecule has 0 radical (unpaired) electrons. The van der Waals surface area contributed by atoms with Crippen LogP contribution in [0.5, 0.6) is 0 Å². The Labute approximate surface area is 84.6 Å². The van der Waals surface area contributed by atoms with Crippen LogP contribution in [-0.2, 0) is 0 Å². The Bertz CT molecular complexity index is 167. The molecule has 1 unspecified atom stereocenters. The van der Waals surface area contributed by atoms with Gasteiger partial charge in [0.2, 0.25) is 0 Å². The van der Waals surface area contributed by atoms with E-state index in [1.165, 1.54) is 25.7 Å². The maximum atomic E-state index is 2.38. The monoisotopic (exact) mass is 202 g/mol. The molecule has 0 N–H and O–H groups in total. The molecule has 1 aliphatic rings. The Balaban J connectivity index is 2.73. The van der Waals surface area contributed by atoms with Crippen molar-refractivity contribution in [1.82, 2.24) is 0 Å². The molecule has 0 bridgehead atoms. The van der Waals surface area contributed by atoms with E-state index < -0.39 is 0 Å². The third kappa shape index (κ3) is 2.46. The van der Waals surface area contributed by atoms with Crippen molar-refractivity contribution in [3.8, 4) is 0 Å². The minimum Gasteiger partial charge on any atom is -0.123 e. The van der Waals surface area contributed by atoms with Crippen LogP contribution in [0.2, 0.25) is 0 Å². The average molecular weight is 202 g/mol. The molecule has 2 heteroatoms. The zero-order valence-electron chi connectivity index (χ0n) is 8.22. The van der Waals surface area contributed by atoms with Gasteiger partial charge in [0.25, 0.3) is 0 Å². The van der Waals surface area contributed by atoms with Crippen LogP contribution in [0, 0.1) is 5.92 Å². The molecule has 1 saturated carbocycles. The number of hydrogen-bond acceptors (Lipinski definition) is 2. The molecule has 0 heterocycles. The van der Waals surface area contributed by atoms with E-state index in [2.05, 4.69) is 19.4 Å². The molecule has 1 aliphatic carbocycles. The van der Waals surface area contributed by atoms with Gasteiger partial charge in [-0.1, -0.05) is 13.3 Å². The van der Waals surface area contributed by atoms with Gasteiger partial charge in [-0.15, -0.1) is 23.5 Å². The van der Waals surface area contributed by atoms with Crippen LogP contribution in [0.4, 0.5) is 0 Å². The van der Waals surface area contributed by atoms with Crippen LogP contribution in [0.3, 0.4) is 0 Å². The summed E-state index contributed by atoms with van der Waals surface area (Å²) in [6.07, 6.45) is 9.98. The highest BCUT2D eigenvalue weighted by molar-refractivity contribution is 8.21. The lowest BCUT2D eigenvalue weighted by molar-refractivity contribution is 0.484. The minimum absolute atomic E-state index is 0.841. The maximum Gasteiger partial charge on any atom is 0.0390 e. The zero-order valence-corrected chi connectivity index (χ0v) is 9.86. The lowest BCUT2D eigenvalue weighted by Gasteiger charge is -2.23. The summed E-state index contributed by atoms with van der Waals surface area (Å²) in [5.74, 6) is 0.841. The van der Waals surface area contributed by atoms with Gasteiger partial charge < -0.3 is 0 Å². The van der Waals surface area contributed by atoms with Crippen molar-refractivity contribution in [2.24, 2.45) is 5.92 Å². The van der Waals surface area contributed by atoms with Crippen molar-refractivity contribution in [2.75, 3.05) is 12.5 Å². The summed E-state index contributed by atoms with van der Waals surface area (Å²) in [5, 5.41) is 0. The quantitative estimate of drug-likeness (QED) is 0.660. The second kappa shape index (κ2) is 5.23. The third-order valence-electron chi connectivity index (χ3n) is 2.56. The molecule has 1 fully saturated rings. The van der Waals surface area contributed by atoms with Gasteiger partial charge in [-0.05, 0) is 43.3 Å². The van der Waals surface area contributed by atoms with Crippen molar-refractivity contribution >= 4 is 23.5 Å². The lowest BCUT2D eigenvalue weighted by atomic mass is 9.87. The fraction of sp³-hybridized carbons (Fsp3) is 0.800. The van der Waals surface area contributed by atoms with E-state index >= 15 is 0 Å². The van der Waals surface area contributed by atoms with Gasteiger partial charge in [0, 0.05) is 4.24 Å². The summed E-state index contributed by atoms with van der Waals surface area (Å²) in [6.45, 7) is 2.38. The molecule has 1 atom stereocenters. The highest BCUT2D eigenvalue weighted by atomic mass is 32.2. The molecular weight excluding hydrogens is 184 g/mol. The van der Waals surface area contributed by atoms with E-state index in [-0.39, 0.29) is 0 Å². The predicted octanol–water partition coefficient (Wildman–Crippen LogP) is 4.13. The molecule has 12 heavy (non-hydrogen) atoms.